The third-order valence-corrected chi connectivity index (χ3v) is 3.93. The van der Waals surface area contributed by atoms with Crippen LogP contribution in [0.5, 0.6) is 0 Å². The Morgan fingerprint density at radius 1 is 1.33 bits per heavy atom. The Kier molecular flexibility index (Phi) is 2.02. The predicted molar refractivity (Wildman–Crippen MR) is 52.9 cm³/mol. The summed E-state index contributed by atoms with van der Waals surface area (Å²) in [6.07, 6.45) is 6.97. The molecule has 3 aliphatic rings. The maximum absolute atomic E-state index is 2.56. The molecular weight excluding hydrogens is 144 g/mol. The Labute approximate surface area is 76.1 Å². The molecule has 0 nitrogen and oxygen atoms in total. The largest absolute Gasteiger partial charge is 0.0819 e. The van der Waals surface area contributed by atoms with E-state index in [0.29, 0.717) is 0 Å². The van der Waals surface area contributed by atoms with Crippen LogP contribution in [0.4, 0.5) is 0 Å². The van der Waals surface area contributed by atoms with Gasteiger partial charge in [-0.2, -0.15) is 0 Å². The van der Waals surface area contributed by atoms with Gasteiger partial charge in [-0.1, -0.05) is 25.5 Å². The van der Waals surface area contributed by atoms with Crippen molar-refractivity contribution in [3.8, 4) is 0 Å². The van der Waals surface area contributed by atoms with Crippen molar-refractivity contribution in [2.75, 3.05) is 0 Å². The summed E-state index contributed by atoms with van der Waals surface area (Å²) in [7, 11) is 0. The smallest absolute Gasteiger partial charge is 0.0200 e. The summed E-state index contributed by atoms with van der Waals surface area (Å²) in [6.45, 7) is 7.09. The Morgan fingerprint density at radius 3 is 2.50 bits per heavy atom. The minimum absolute atomic E-state index is 0.891. The molecule has 3 rings (SSSR count). The molecule has 0 aromatic carbocycles. The molecule has 0 amide bonds. The van der Waals surface area contributed by atoms with E-state index >= 15 is 0 Å². The van der Waals surface area contributed by atoms with Crippen molar-refractivity contribution >= 4 is 0 Å². The molecule has 68 valence electrons. The number of allylic oxidation sites excluding steroid dienone is 2. The van der Waals surface area contributed by atoms with E-state index in [1.54, 1.807) is 5.57 Å². The third-order valence-electron chi connectivity index (χ3n) is 3.93. The fraction of sp³-hybridized carbons (Fsp3) is 0.833. The van der Waals surface area contributed by atoms with Gasteiger partial charge in [0.25, 0.3) is 0 Å². The SMILES string of the molecule is CC1=CC2CCC1CC2C(C)C. The zero-order valence-electron chi connectivity index (χ0n) is 8.51. The van der Waals surface area contributed by atoms with Crippen molar-refractivity contribution < 1.29 is 0 Å². The van der Waals surface area contributed by atoms with E-state index in [4.69, 9.17) is 0 Å². The molecule has 3 aliphatic carbocycles. The van der Waals surface area contributed by atoms with E-state index in [2.05, 4.69) is 26.8 Å². The summed E-state index contributed by atoms with van der Waals surface area (Å²) in [4.78, 5) is 0. The highest BCUT2D eigenvalue weighted by molar-refractivity contribution is 5.15. The van der Waals surface area contributed by atoms with Gasteiger partial charge in [-0.15, -0.1) is 0 Å². The zero-order valence-corrected chi connectivity index (χ0v) is 8.51. The van der Waals surface area contributed by atoms with Crippen LogP contribution in [0, 0.1) is 23.7 Å². The first-order chi connectivity index (χ1) is 5.68. The van der Waals surface area contributed by atoms with Crippen LogP contribution in [-0.2, 0) is 0 Å². The van der Waals surface area contributed by atoms with Crippen LogP contribution in [-0.4, -0.2) is 0 Å². The first-order valence-electron chi connectivity index (χ1n) is 5.37. The molecule has 12 heavy (non-hydrogen) atoms. The first kappa shape index (κ1) is 8.34. The van der Waals surface area contributed by atoms with E-state index < -0.39 is 0 Å². The summed E-state index contributed by atoms with van der Waals surface area (Å²) in [5.74, 6) is 3.76. The molecule has 1 saturated carbocycles. The topological polar surface area (TPSA) is 0 Å². The first-order valence-corrected chi connectivity index (χ1v) is 5.37. The Hall–Kier alpha value is -0.260. The summed E-state index contributed by atoms with van der Waals surface area (Å²) in [5.41, 5.74) is 1.68. The molecule has 1 fully saturated rings. The lowest BCUT2D eigenvalue weighted by atomic mass is 9.63. The number of fused-ring (bicyclic) bond motifs is 2. The van der Waals surface area contributed by atoms with E-state index in [1.165, 1.54) is 19.3 Å². The van der Waals surface area contributed by atoms with Gasteiger partial charge >= 0.3 is 0 Å². The van der Waals surface area contributed by atoms with E-state index in [0.717, 1.165) is 23.7 Å². The van der Waals surface area contributed by atoms with Crippen molar-refractivity contribution in [2.45, 2.75) is 40.0 Å². The molecule has 0 heteroatoms. The normalized spacial score (nSPS) is 40.3. The van der Waals surface area contributed by atoms with Gasteiger partial charge in [0.15, 0.2) is 0 Å². The van der Waals surface area contributed by atoms with Gasteiger partial charge in [-0.3, -0.25) is 0 Å². The van der Waals surface area contributed by atoms with Crippen LogP contribution in [0.15, 0.2) is 11.6 Å². The molecular formula is C12H20. The number of rotatable bonds is 1. The van der Waals surface area contributed by atoms with Gasteiger partial charge in [0.1, 0.15) is 0 Å². The van der Waals surface area contributed by atoms with Crippen LogP contribution < -0.4 is 0 Å². The second kappa shape index (κ2) is 2.90. The van der Waals surface area contributed by atoms with Crippen molar-refractivity contribution in [3.05, 3.63) is 11.6 Å². The molecule has 3 unspecified atom stereocenters. The fourth-order valence-corrected chi connectivity index (χ4v) is 3.09. The van der Waals surface area contributed by atoms with Crippen molar-refractivity contribution in [1.29, 1.82) is 0 Å². The van der Waals surface area contributed by atoms with Crippen LogP contribution in [0.1, 0.15) is 40.0 Å². The molecule has 0 heterocycles. The van der Waals surface area contributed by atoms with Gasteiger partial charge in [-0.25, -0.2) is 0 Å². The fourth-order valence-electron chi connectivity index (χ4n) is 3.09. The maximum atomic E-state index is 2.56. The Bertz CT molecular complexity index is 200. The van der Waals surface area contributed by atoms with Gasteiger partial charge in [-0.05, 0) is 49.9 Å². The maximum Gasteiger partial charge on any atom is -0.0200 e. The zero-order chi connectivity index (χ0) is 8.72. The molecule has 0 aromatic rings. The number of hydrogen-bond acceptors (Lipinski definition) is 0. The Balaban J connectivity index is 2.17. The summed E-state index contributed by atoms with van der Waals surface area (Å²) >= 11 is 0. The third kappa shape index (κ3) is 1.22. The van der Waals surface area contributed by atoms with Gasteiger partial charge in [0.05, 0.1) is 0 Å². The van der Waals surface area contributed by atoms with E-state index in [9.17, 15) is 0 Å². The summed E-state index contributed by atoms with van der Waals surface area (Å²) in [6, 6.07) is 0. The van der Waals surface area contributed by atoms with Gasteiger partial charge < -0.3 is 0 Å². The van der Waals surface area contributed by atoms with Crippen molar-refractivity contribution in [3.63, 3.8) is 0 Å². The molecule has 2 bridgehead atoms. The van der Waals surface area contributed by atoms with Gasteiger partial charge in [0.2, 0.25) is 0 Å². The lowest BCUT2D eigenvalue weighted by Gasteiger charge is -2.42. The van der Waals surface area contributed by atoms with Gasteiger partial charge in [0, 0.05) is 0 Å². The highest BCUT2D eigenvalue weighted by Crippen LogP contribution is 2.46. The highest BCUT2D eigenvalue weighted by atomic mass is 14.4. The predicted octanol–water partition coefficient (Wildman–Crippen LogP) is 3.63. The minimum Gasteiger partial charge on any atom is -0.0819 e. The average Bonchev–Trinajstić information content (AvgIpc) is 2.04. The second-order valence-electron chi connectivity index (χ2n) is 4.99. The molecule has 0 radical (unpaired) electrons. The van der Waals surface area contributed by atoms with Crippen molar-refractivity contribution in [2.24, 2.45) is 23.7 Å². The van der Waals surface area contributed by atoms with Crippen LogP contribution in [0.3, 0.4) is 0 Å². The monoisotopic (exact) mass is 164 g/mol. The minimum atomic E-state index is 0.891. The number of hydrogen-bond donors (Lipinski definition) is 0. The summed E-state index contributed by atoms with van der Waals surface area (Å²) < 4.78 is 0. The standard InChI is InChI=1S/C12H20/c1-8(2)12-7-10-4-5-11(12)6-9(10)3/h6,8,10-12H,4-5,7H2,1-3H3. The highest BCUT2D eigenvalue weighted by Gasteiger charge is 2.35. The summed E-state index contributed by atoms with van der Waals surface area (Å²) in [5, 5.41) is 0. The molecule has 0 N–H and O–H groups in total. The quantitative estimate of drug-likeness (QED) is 0.519. The molecule has 3 atom stereocenters. The van der Waals surface area contributed by atoms with E-state index in [1.807, 2.05) is 0 Å². The van der Waals surface area contributed by atoms with Crippen molar-refractivity contribution in [1.82, 2.24) is 0 Å². The van der Waals surface area contributed by atoms with E-state index in [-0.39, 0.29) is 0 Å². The average molecular weight is 164 g/mol. The molecule has 0 spiro atoms. The lowest BCUT2D eigenvalue weighted by molar-refractivity contribution is 0.161. The van der Waals surface area contributed by atoms with Crippen LogP contribution >= 0.6 is 0 Å². The van der Waals surface area contributed by atoms with Crippen LogP contribution in [0.25, 0.3) is 0 Å². The van der Waals surface area contributed by atoms with Crippen LogP contribution in [0.2, 0.25) is 0 Å². The molecule has 0 aromatic heterocycles. The molecule has 0 aliphatic heterocycles. The second-order valence-corrected chi connectivity index (χ2v) is 4.99. The Morgan fingerprint density at radius 2 is 2.08 bits per heavy atom. The molecule has 0 saturated heterocycles. The lowest BCUT2D eigenvalue weighted by Crippen LogP contribution is -2.32.